The van der Waals surface area contributed by atoms with Gasteiger partial charge in [0.05, 0.1) is 5.69 Å². The molecule has 3 aromatic carbocycles. The number of hydrogen-bond acceptors (Lipinski definition) is 1. The fourth-order valence-electron chi connectivity index (χ4n) is 4.39. The van der Waals surface area contributed by atoms with Crippen molar-refractivity contribution in [3.05, 3.63) is 78.5 Å². The molecule has 0 atom stereocenters. The molecule has 0 bridgehead atoms. The molecule has 0 saturated carbocycles. The van der Waals surface area contributed by atoms with Crippen LogP contribution in [0.15, 0.2) is 72.9 Å². The Labute approximate surface area is 160 Å². The predicted octanol–water partition coefficient (Wildman–Crippen LogP) is 7.14. The van der Waals surface area contributed by atoms with Gasteiger partial charge in [-0.3, -0.25) is 4.98 Å². The molecule has 0 N–H and O–H groups in total. The summed E-state index contributed by atoms with van der Waals surface area (Å²) in [4.78, 5) is 4.86. The van der Waals surface area contributed by atoms with E-state index in [0.29, 0.717) is 0 Å². The third-order valence-electron chi connectivity index (χ3n) is 5.43. The molecule has 4 aromatic rings. The van der Waals surface area contributed by atoms with E-state index in [-0.39, 0.29) is 5.41 Å². The minimum atomic E-state index is 0.244. The number of nitrogens with zero attached hydrogens (tertiary/aromatic N) is 1. The number of fused-ring (bicyclic) bond motifs is 5. The highest BCUT2D eigenvalue weighted by Crippen LogP contribution is 2.47. The van der Waals surface area contributed by atoms with Gasteiger partial charge >= 0.3 is 0 Å². The third kappa shape index (κ3) is 2.57. The number of aromatic nitrogens is 1. The van der Waals surface area contributed by atoms with E-state index >= 15 is 0 Å². The highest BCUT2D eigenvalue weighted by Gasteiger charge is 2.23. The second-order valence-corrected chi connectivity index (χ2v) is 8.68. The van der Waals surface area contributed by atoms with Crippen molar-refractivity contribution < 1.29 is 0 Å². The molecule has 1 heteroatoms. The van der Waals surface area contributed by atoms with Gasteiger partial charge in [-0.25, -0.2) is 0 Å². The molecular weight excluding hydrogens is 326 g/mol. The minimum absolute atomic E-state index is 0.244. The number of benzene rings is 3. The molecule has 1 aromatic heterocycles. The largest absolute Gasteiger partial charge is 0.256 e. The average Bonchev–Trinajstić information content (AvgIpc) is 2.78. The van der Waals surface area contributed by atoms with Crippen molar-refractivity contribution >= 4 is 10.8 Å². The summed E-state index contributed by atoms with van der Waals surface area (Å²) < 4.78 is 0. The normalized spacial score (nSPS) is 12.4. The Hall–Kier alpha value is -2.93. The zero-order chi connectivity index (χ0) is 18.6. The van der Waals surface area contributed by atoms with Crippen LogP contribution in [0.4, 0.5) is 0 Å². The van der Waals surface area contributed by atoms with Crippen LogP contribution in [0.3, 0.4) is 0 Å². The summed E-state index contributed by atoms with van der Waals surface area (Å²) in [6.07, 6.45) is 3.02. The third-order valence-corrected chi connectivity index (χ3v) is 5.43. The maximum Gasteiger partial charge on any atom is 0.0792 e. The Kier molecular flexibility index (Phi) is 3.48. The van der Waals surface area contributed by atoms with E-state index in [4.69, 9.17) is 4.98 Å². The zero-order valence-corrected chi connectivity index (χ0v) is 16.1. The van der Waals surface area contributed by atoms with Gasteiger partial charge in [0.2, 0.25) is 0 Å². The van der Waals surface area contributed by atoms with Crippen molar-refractivity contribution in [3.63, 3.8) is 0 Å². The van der Waals surface area contributed by atoms with Crippen LogP contribution in [0, 0.1) is 5.41 Å². The number of pyridine rings is 1. The lowest BCUT2D eigenvalue weighted by atomic mass is 9.84. The first kappa shape index (κ1) is 16.3. The van der Waals surface area contributed by atoms with Crippen LogP contribution in [0.25, 0.3) is 44.3 Å². The highest BCUT2D eigenvalue weighted by atomic mass is 14.7. The van der Waals surface area contributed by atoms with Crippen LogP contribution in [0.2, 0.25) is 0 Å². The first-order chi connectivity index (χ1) is 13.0. The van der Waals surface area contributed by atoms with Crippen LogP contribution in [0.1, 0.15) is 26.3 Å². The van der Waals surface area contributed by atoms with Crippen molar-refractivity contribution in [2.24, 2.45) is 5.41 Å². The van der Waals surface area contributed by atoms with Gasteiger partial charge in [0.15, 0.2) is 0 Å². The fourth-order valence-corrected chi connectivity index (χ4v) is 4.39. The molecule has 0 radical (unpaired) electrons. The van der Waals surface area contributed by atoms with Gasteiger partial charge in [0.1, 0.15) is 0 Å². The molecule has 132 valence electrons. The molecule has 27 heavy (non-hydrogen) atoms. The molecule has 0 fully saturated rings. The fraction of sp³-hybridized carbons (Fsp3) is 0.192. The maximum atomic E-state index is 4.86. The van der Waals surface area contributed by atoms with E-state index in [1.54, 1.807) is 0 Å². The smallest absolute Gasteiger partial charge is 0.0792 e. The molecule has 0 unspecified atom stereocenters. The molecule has 1 heterocycles. The lowest BCUT2D eigenvalue weighted by Crippen LogP contribution is -2.09. The van der Waals surface area contributed by atoms with Crippen molar-refractivity contribution in [2.45, 2.75) is 27.2 Å². The summed E-state index contributed by atoms with van der Waals surface area (Å²) in [6.45, 7) is 6.91. The van der Waals surface area contributed by atoms with E-state index in [1.807, 2.05) is 6.20 Å². The Morgan fingerprint density at radius 2 is 1.26 bits per heavy atom. The Bertz CT molecular complexity index is 1130. The summed E-state index contributed by atoms with van der Waals surface area (Å²) in [7, 11) is 0. The summed E-state index contributed by atoms with van der Waals surface area (Å²) in [6, 6.07) is 24.2. The first-order valence-corrected chi connectivity index (χ1v) is 9.63. The molecule has 0 amide bonds. The number of rotatable bonds is 1. The van der Waals surface area contributed by atoms with E-state index in [9.17, 15) is 0 Å². The van der Waals surface area contributed by atoms with Gasteiger partial charge in [0, 0.05) is 17.1 Å². The number of hydrogen-bond donors (Lipinski definition) is 0. The van der Waals surface area contributed by atoms with Crippen molar-refractivity contribution in [1.82, 2.24) is 4.98 Å². The monoisotopic (exact) mass is 349 g/mol. The highest BCUT2D eigenvalue weighted by molar-refractivity contribution is 6.12. The van der Waals surface area contributed by atoms with Gasteiger partial charge in [-0.1, -0.05) is 81.4 Å². The molecular formula is C26H23N. The second kappa shape index (κ2) is 5.79. The van der Waals surface area contributed by atoms with Gasteiger partial charge in [-0.2, -0.15) is 0 Å². The van der Waals surface area contributed by atoms with Gasteiger partial charge < -0.3 is 0 Å². The van der Waals surface area contributed by atoms with E-state index in [2.05, 4.69) is 87.5 Å². The lowest BCUT2D eigenvalue weighted by molar-refractivity contribution is 0.412. The van der Waals surface area contributed by atoms with Crippen LogP contribution < -0.4 is 0 Å². The van der Waals surface area contributed by atoms with Gasteiger partial charge in [-0.05, 0) is 51.1 Å². The molecule has 0 saturated heterocycles. The maximum absolute atomic E-state index is 4.86. The lowest BCUT2D eigenvalue weighted by Gasteiger charge is -2.21. The summed E-state index contributed by atoms with van der Waals surface area (Å²) >= 11 is 0. The standard InChI is InChI=1S/C26H23N/c1-26(2,3)16-17-12-13-22-20-9-5-4-8-19(20)21-10-6-7-11-23(21)25-24(22)18(17)14-15-27-25/h4-15H,16H2,1-3H3. The quantitative estimate of drug-likeness (QED) is 0.313. The van der Waals surface area contributed by atoms with Crippen LogP contribution in [0.5, 0.6) is 0 Å². The summed E-state index contributed by atoms with van der Waals surface area (Å²) in [5.74, 6) is 0. The Morgan fingerprint density at radius 1 is 0.667 bits per heavy atom. The molecule has 1 aliphatic rings. The first-order valence-electron chi connectivity index (χ1n) is 9.63. The van der Waals surface area contributed by atoms with Crippen molar-refractivity contribution in [1.29, 1.82) is 0 Å². The van der Waals surface area contributed by atoms with Gasteiger partial charge in [0.25, 0.3) is 0 Å². The summed E-state index contributed by atoms with van der Waals surface area (Å²) in [5.41, 5.74) is 9.11. The van der Waals surface area contributed by atoms with Crippen molar-refractivity contribution in [2.75, 3.05) is 0 Å². The Balaban J connectivity index is 1.95. The second-order valence-electron chi connectivity index (χ2n) is 8.68. The zero-order valence-electron chi connectivity index (χ0n) is 16.1. The molecule has 5 rings (SSSR count). The predicted molar refractivity (Wildman–Crippen MR) is 115 cm³/mol. The Morgan fingerprint density at radius 3 is 1.93 bits per heavy atom. The van der Waals surface area contributed by atoms with Crippen LogP contribution >= 0.6 is 0 Å². The van der Waals surface area contributed by atoms with Gasteiger partial charge in [-0.15, -0.1) is 0 Å². The van der Waals surface area contributed by atoms with E-state index in [0.717, 1.165) is 12.1 Å². The van der Waals surface area contributed by atoms with E-state index in [1.165, 1.54) is 44.2 Å². The van der Waals surface area contributed by atoms with Crippen LogP contribution in [-0.4, -0.2) is 4.98 Å². The van der Waals surface area contributed by atoms with E-state index < -0.39 is 0 Å². The average molecular weight is 349 g/mol. The molecule has 1 nitrogen and oxygen atoms in total. The topological polar surface area (TPSA) is 12.9 Å². The molecule has 1 aliphatic carbocycles. The summed E-state index contributed by atoms with van der Waals surface area (Å²) in [5, 5.41) is 2.62. The van der Waals surface area contributed by atoms with Crippen LogP contribution in [-0.2, 0) is 6.42 Å². The van der Waals surface area contributed by atoms with Crippen molar-refractivity contribution in [3.8, 4) is 33.5 Å². The minimum Gasteiger partial charge on any atom is -0.256 e. The molecule has 0 aliphatic heterocycles. The SMILES string of the molecule is CC(C)(C)Cc1ccc2c3c(nccc13)-c1ccccc1-c1ccccc1-2. The molecule has 0 spiro atoms.